The van der Waals surface area contributed by atoms with Crippen molar-refractivity contribution in [3.63, 3.8) is 0 Å². The number of aromatic nitrogens is 3. The monoisotopic (exact) mass is 399 g/mol. The van der Waals surface area contributed by atoms with Gasteiger partial charge in [0.1, 0.15) is 5.82 Å². The minimum absolute atomic E-state index is 0.281. The molecule has 1 heterocycles. The molecule has 0 unspecified atom stereocenters. The van der Waals surface area contributed by atoms with Gasteiger partial charge in [0.15, 0.2) is 5.82 Å². The predicted molar refractivity (Wildman–Crippen MR) is 119 cm³/mol. The topological polar surface area (TPSA) is 38.7 Å². The summed E-state index contributed by atoms with van der Waals surface area (Å²) in [6.07, 6.45) is 6.02. The zero-order chi connectivity index (χ0) is 19.6. The first kappa shape index (κ1) is 18.3. The van der Waals surface area contributed by atoms with Gasteiger partial charge >= 0.3 is 0 Å². The van der Waals surface area contributed by atoms with Crippen molar-refractivity contribution < 1.29 is 0 Å². The first-order valence-corrected chi connectivity index (χ1v) is 10.7. The van der Waals surface area contributed by atoms with E-state index in [1.807, 2.05) is 6.07 Å². The Hall–Kier alpha value is -2.78. The molecule has 0 bridgehead atoms. The molecule has 0 saturated heterocycles. The van der Waals surface area contributed by atoms with E-state index in [0.717, 1.165) is 29.8 Å². The lowest BCUT2D eigenvalue weighted by Gasteiger charge is -2.20. The highest BCUT2D eigenvalue weighted by Crippen LogP contribution is 2.36. The van der Waals surface area contributed by atoms with Crippen LogP contribution >= 0.6 is 11.6 Å². The maximum Gasteiger partial charge on any atom is 0.226 e. The normalized spacial score (nSPS) is 14.9. The average Bonchev–Trinajstić information content (AvgIpc) is 2.79. The Morgan fingerprint density at radius 3 is 2.21 bits per heavy atom. The van der Waals surface area contributed by atoms with Gasteiger partial charge in [-0.2, -0.15) is 4.98 Å². The van der Waals surface area contributed by atoms with Gasteiger partial charge < -0.3 is 0 Å². The predicted octanol–water partition coefficient (Wildman–Crippen LogP) is 7.06. The molecular formula is C25H22ClN3. The molecule has 0 aliphatic heterocycles. The summed E-state index contributed by atoms with van der Waals surface area (Å²) < 4.78 is 0. The summed E-state index contributed by atoms with van der Waals surface area (Å²) in [5.41, 5.74) is 3.28. The van der Waals surface area contributed by atoms with Gasteiger partial charge in [0.2, 0.25) is 5.28 Å². The van der Waals surface area contributed by atoms with E-state index in [4.69, 9.17) is 16.6 Å². The zero-order valence-corrected chi connectivity index (χ0v) is 16.9. The Morgan fingerprint density at radius 1 is 0.655 bits per heavy atom. The van der Waals surface area contributed by atoms with E-state index in [9.17, 15) is 0 Å². The van der Waals surface area contributed by atoms with Crippen molar-refractivity contribution >= 4 is 22.4 Å². The lowest BCUT2D eigenvalue weighted by molar-refractivity contribution is 0.428. The number of hydrogen-bond donors (Lipinski definition) is 0. The van der Waals surface area contributed by atoms with Gasteiger partial charge in [-0.1, -0.05) is 86.0 Å². The minimum Gasteiger partial charge on any atom is -0.213 e. The molecule has 0 atom stereocenters. The van der Waals surface area contributed by atoms with Crippen LogP contribution < -0.4 is 0 Å². The molecule has 1 aliphatic carbocycles. The highest BCUT2D eigenvalue weighted by molar-refractivity contribution is 6.28. The SMILES string of the molecule is Clc1nc(-c2ccccc2-c2cccc3ccccc23)nc(C2CCCCC2)n1. The Kier molecular flexibility index (Phi) is 4.99. The van der Waals surface area contributed by atoms with E-state index >= 15 is 0 Å². The summed E-state index contributed by atoms with van der Waals surface area (Å²) in [7, 11) is 0. The first-order valence-electron chi connectivity index (χ1n) is 10.3. The molecule has 4 heteroatoms. The van der Waals surface area contributed by atoms with Gasteiger partial charge in [-0.15, -0.1) is 0 Å². The Balaban J connectivity index is 1.66. The van der Waals surface area contributed by atoms with Crippen LogP contribution in [-0.4, -0.2) is 15.0 Å². The average molecular weight is 400 g/mol. The molecule has 144 valence electrons. The third-order valence-corrected chi connectivity index (χ3v) is 6.01. The van der Waals surface area contributed by atoms with Crippen molar-refractivity contribution in [2.45, 2.75) is 38.0 Å². The van der Waals surface area contributed by atoms with Crippen molar-refractivity contribution in [2.75, 3.05) is 0 Å². The maximum atomic E-state index is 6.35. The van der Waals surface area contributed by atoms with Gasteiger partial charge in [0.25, 0.3) is 0 Å². The van der Waals surface area contributed by atoms with Gasteiger partial charge in [-0.05, 0) is 46.3 Å². The number of nitrogens with zero attached hydrogens (tertiary/aromatic N) is 3. The highest BCUT2D eigenvalue weighted by atomic mass is 35.5. The molecule has 0 radical (unpaired) electrons. The minimum atomic E-state index is 0.281. The number of halogens is 1. The van der Waals surface area contributed by atoms with Crippen LogP contribution in [0.1, 0.15) is 43.8 Å². The second-order valence-corrected chi connectivity index (χ2v) is 8.03. The molecule has 1 saturated carbocycles. The lowest BCUT2D eigenvalue weighted by atomic mass is 9.88. The third-order valence-electron chi connectivity index (χ3n) is 5.84. The van der Waals surface area contributed by atoms with E-state index in [-0.39, 0.29) is 5.28 Å². The maximum absolute atomic E-state index is 6.35. The molecular weight excluding hydrogens is 378 g/mol. The van der Waals surface area contributed by atoms with Crippen LogP contribution in [-0.2, 0) is 0 Å². The van der Waals surface area contributed by atoms with Crippen LogP contribution in [0.5, 0.6) is 0 Å². The molecule has 1 aromatic heterocycles. The fraction of sp³-hybridized carbons (Fsp3) is 0.240. The Morgan fingerprint density at radius 2 is 1.34 bits per heavy atom. The molecule has 1 fully saturated rings. The Labute approximate surface area is 175 Å². The summed E-state index contributed by atoms with van der Waals surface area (Å²) in [6.45, 7) is 0. The van der Waals surface area contributed by atoms with Gasteiger partial charge in [0, 0.05) is 11.5 Å². The standard InChI is InChI=1S/C25H22ClN3/c26-25-28-23(18-10-2-1-3-11-18)27-24(29-25)22-15-7-6-14-21(22)20-16-8-12-17-9-4-5-13-19(17)20/h4-9,12-16,18H,1-3,10-11H2. The van der Waals surface area contributed by atoms with Crippen LogP contribution in [0.4, 0.5) is 0 Å². The van der Waals surface area contributed by atoms with Crippen molar-refractivity contribution in [3.05, 3.63) is 77.8 Å². The van der Waals surface area contributed by atoms with Gasteiger partial charge in [0.05, 0.1) is 0 Å². The van der Waals surface area contributed by atoms with Gasteiger partial charge in [-0.3, -0.25) is 0 Å². The summed E-state index contributed by atoms with van der Waals surface area (Å²) in [5.74, 6) is 1.88. The van der Waals surface area contributed by atoms with Crippen molar-refractivity contribution in [2.24, 2.45) is 0 Å². The van der Waals surface area contributed by atoms with Crippen LogP contribution in [0.2, 0.25) is 5.28 Å². The summed E-state index contributed by atoms with van der Waals surface area (Å²) in [4.78, 5) is 13.9. The fourth-order valence-corrected chi connectivity index (χ4v) is 4.57. The van der Waals surface area contributed by atoms with Crippen molar-refractivity contribution in [1.82, 2.24) is 15.0 Å². The van der Waals surface area contributed by atoms with Crippen molar-refractivity contribution in [3.8, 4) is 22.5 Å². The number of fused-ring (bicyclic) bond motifs is 1. The zero-order valence-electron chi connectivity index (χ0n) is 16.2. The van der Waals surface area contributed by atoms with E-state index in [2.05, 4.69) is 70.6 Å². The van der Waals surface area contributed by atoms with E-state index < -0.39 is 0 Å². The molecule has 0 N–H and O–H groups in total. The number of benzene rings is 3. The molecule has 3 aromatic carbocycles. The summed E-state index contributed by atoms with van der Waals surface area (Å²) >= 11 is 6.35. The van der Waals surface area contributed by atoms with Crippen molar-refractivity contribution in [1.29, 1.82) is 0 Å². The quantitative estimate of drug-likeness (QED) is 0.370. The third kappa shape index (κ3) is 3.63. The molecule has 3 nitrogen and oxygen atoms in total. The molecule has 5 rings (SSSR count). The molecule has 0 spiro atoms. The van der Waals surface area contributed by atoms with Crippen LogP contribution in [0.25, 0.3) is 33.3 Å². The van der Waals surface area contributed by atoms with Crippen LogP contribution in [0.3, 0.4) is 0 Å². The van der Waals surface area contributed by atoms with Crippen LogP contribution in [0, 0.1) is 0 Å². The highest BCUT2D eigenvalue weighted by Gasteiger charge is 2.21. The molecule has 4 aromatic rings. The second-order valence-electron chi connectivity index (χ2n) is 7.69. The number of rotatable bonds is 3. The van der Waals surface area contributed by atoms with Crippen LogP contribution in [0.15, 0.2) is 66.7 Å². The molecule has 1 aliphatic rings. The summed E-state index contributed by atoms with van der Waals surface area (Å²) in [6, 6.07) is 23.2. The summed E-state index contributed by atoms with van der Waals surface area (Å²) in [5, 5.41) is 2.72. The molecule has 0 amide bonds. The van der Waals surface area contributed by atoms with E-state index in [0.29, 0.717) is 11.7 Å². The fourth-order valence-electron chi connectivity index (χ4n) is 4.40. The Bertz CT molecular complexity index is 1160. The second kappa shape index (κ2) is 7.92. The smallest absolute Gasteiger partial charge is 0.213 e. The lowest BCUT2D eigenvalue weighted by Crippen LogP contribution is -2.10. The largest absolute Gasteiger partial charge is 0.226 e. The van der Waals surface area contributed by atoms with E-state index in [1.54, 1.807) is 0 Å². The number of hydrogen-bond acceptors (Lipinski definition) is 3. The van der Waals surface area contributed by atoms with Gasteiger partial charge in [-0.25, -0.2) is 9.97 Å². The molecule has 29 heavy (non-hydrogen) atoms. The first-order chi connectivity index (χ1) is 14.3. The van der Waals surface area contributed by atoms with E-state index in [1.165, 1.54) is 35.6 Å².